The van der Waals surface area contributed by atoms with Crippen LogP contribution < -0.4 is 9.04 Å². The monoisotopic (exact) mass is 436 g/mol. The molecular formula is C19H17FN2O5S2. The fraction of sp³-hybridized carbons (Fsp3) is 0.158. The van der Waals surface area contributed by atoms with Gasteiger partial charge < -0.3 is 9.84 Å². The van der Waals surface area contributed by atoms with Crippen LogP contribution >= 0.6 is 11.3 Å². The number of carbonyl (C=O) groups is 1. The van der Waals surface area contributed by atoms with Crippen LogP contribution in [0.1, 0.15) is 6.42 Å². The van der Waals surface area contributed by atoms with Gasteiger partial charge >= 0.3 is 5.97 Å². The molecule has 29 heavy (non-hydrogen) atoms. The predicted octanol–water partition coefficient (Wildman–Crippen LogP) is 3.63. The first-order valence-electron chi connectivity index (χ1n) is 8.41. The van der Waals surface area contributed by atoms with Crippen LogP contribution in [0, 0.1) is 5.82 Å². The van der Waals surface area contributed by atoms with E-state index in [1.165, 1.54) is 48.9 Å². The lowest BCUT2D eigenvalue weighted by atomic mass is 10.2. The number of aromatic nitrogens is 1. The minimum atomic E-state index is -4.11. The number of carboxylic acid groups (broad SMARTS) is 1. The maximum Gasteiger partial charge on any atom is 0.305 e. The molecule has 0 spiro atoms. The molecule has 152 valence electrons. The number of sulfonamides is 1. The molecule has 0 radical (unpaired) electrons. The number of nitrogens with zero attached hydrogens (tertiary/aromatic N) is 2. The number of benzene rings is 2. The van der Waals surface area contributed by atoms with Gasteiger partial charge in [0.2, 0.25) is 0 Å². The second-order valence-corrected chi connectivity index (χ2v) is 8.58. The molecule has 0 saturated carbocycles. The predicted molar refractivity (Wildman–Crippen MR) is 107 cm³/mol. The highest BCUT2D eigenvalue weighted by Crippen LogP contribution is 2.30. The fourth-order valence-electron chi connectivity index (χ4n) is 2.55. The van der Waals surface area contributed by atoms with Crippen LogP contribution in [0.5, 0.6) is 5.75 Å². The molecule has 1 N–H and O–H groups in total. The molecule has 1 heterocycles. The Labute approximate surface area is 171 Å². The minimum absolute atomic E-state index is 0.206. The molecule has 0 aliphatic heterocycles. The SMILES string of the molecule is COc1ccc(N(CCC(=O)O)S(=O)(=O)c2csc(-c3ccc(F)cc3)n2)cc1. The first-order chi connectivity index (χ1) is 13.8. The van der Waals surface area contributed by atoms with Gasteiger partial charge in [-0.25, -0.2) is 9.37 Å². The Morgan fingerprint density at radius 3 is 2.41 bits per heavy atom. The molecule has 0 aliphatic carbocycles. The molecule has 0 fully saturated rings. The maximum atomic E-state index is 13.2. The topological polar surface area (TPSA) is 96.8 Å². The number of aliphatic carboxylic acids is 1. The largest absolute Gasteiger partial charge is 0.497 e. The summed E-state index contributed by atoms with van der Waals surface area (Å²) in [6.07, 6.45) is -0.375. The Bertz CT molecular complexity index is 1100. The number of methoxy groups -OCH3 is 1. The lowest BCUT2D eigenvalue weighted by molar-refractivity contribution is -0.136. The van der Waals surface area contributed by atoms with Gasteiger partial charge in [-0.3, -0.25) is 9.10 Å². The Balaban J connectivity index is 1.97. The van der Waals surface area contributed by atoms with Crippen LogP contribution in [0.25, 0.3) is 10.6 Å². The van der Waals surface area contributed by atoms with Crippen molar-refractivity contribution >= 4 is 33.0 Å². The highest BCUT2D eigenvalue weighted by Gasteiger charge is 2.28. The summed E-state index contributed by atoms with van der Waals surface area (Å²) in [5, 5.41) is 10.6. The Morgan fingerprint density at radius 1 is 1.17 bits per heavy atom. The first-order valence-corrected chi connectivity index (χ1v) is 10.7. The van der Waals surface area contributed by atoms with E-state index in [0.717, 1.165) is 15.6 Å². The van der Waals surface area contributed by atoms with E-state index in [1.54, 1.807) is 12.1 Å². The molecule has 3 aromatic rings. The summed E-state index contributed by atoms with van der Waals surface area (Å²) in [5.74, 6) is -0.988. The zero-order valence-electron chi connectivity index (χ0n) is 15.3. The van der Waals surface area contributed by atoms with E-state index in [9.17, 15) is 17.6 Å². The third-order valence-electron chi connectivity index (χ3n) is 4.02. The quantitative estimate of drug-likeness (QED) is 0.579. The molecule has 0 amide bonds. The number of carboxylic acids is 1. The first kappa shape index (κ1) is 20.7. The van der Waals surface area contributed by atoms with Gasteiger partial charge in [0.1, 0.15) is 16.6 Å². The van der Waals surface area contributed by atoms with E-state index >= 15 is 0 Å². The van der Waals surface area contributed by atoms with Crippen molar-refractivity contribution in [3.8, 4) is 16.3 Å². The summed E-state index contributed by atoms with van der Waals surface area (Å²) in [4.78, 5) is 15.2. The maximum absolute atomic E-state index is 13.2. The normalized spacial score (nSPS) is 11.2. The summed E-state index contributed by atoms with van der Waals surface area (Å²) in [6.45, 7) is -0.257. The van der Waals surface area contributed by atoms with Crippen molar-refractivity contribution in [3.63, 3.8) is 0 Å². The molecule has 10 heteroatoms. The second-order valence-electron chi connectivity index (χ2n) is 5.92. The second kappa shape index (κ2) is 8.58. The van der Waals surface area contributed by atoms with Gasteiger partial charge in [-0.1, -0.05) is 0 Å². The van der Waals surface area contributed by atoms with E-state index < -0.39 is 21.8 Å². The Hall–Kier alpha value is -2.98. The molecule has 7 nitrogen and oxygen atoms in total. The van der Waals surface area contributed by atoms with Crippen LogP contribution in [-0.2, 0) is 14.8 Å². The molecule has 0 saturated heterocycles. The molecule has 1 aromatic heterocycles. The van der Waals surface area contributed by atoms with Crippen LogP contribution in [0.3, 0.4) is 0 Å². The molecule has 0 atom stereocenters. The highest BCUT2D eigenvalue weighted by molar-refractivity contribution is 7.92. The van der Waals surface area contributed by atoms with Crippen molar-refractivity contribution in [2.24, 2.45) is 0 Å². The molecule has 0 bridgehead atoms. The number of halogens is 1. The molecule has 0 aliphatic rings. The zero-order chi connectivity index (χ0) is 21.0. The summed E-state index contributed by atoms with van der Waals surface area (Å²) in [7, 11) is -2.62. The molecule has 2 aromatic carbocycles. The van der Waals surface area contributed by atoms with Gasteiger partial charge in [-0.05, 0) is 48.5 Å². The standard InChI is InChI=1S/C19H17FN2O5S2/c1-27-16-8-6-15(7-9-16)22(11-10-18(23)24)29(25,26)17-12-28-19(21-17)13-2-4-14(20)5-3-13/h2-9,12H,10-11H2,1H3,(H,23,24). The number of anilines is 1. The van der Waals surface area contributed by atoms with E-state index in [2.05, 4.69) is 4.98 Å². The number of ether oxygens (including phenoxy) is 1. The number of hydrogen-bond donors (Lipinski definition) is 1. The smallest absolute Gasteiger partial charge is 0.305 e. The van der Waals surface area contributed by atoms with Crippen molar-refractivity contribution in [2.75, 3.05) is 18.0 Å². The van der Waals surface area contributed by atoms with Crippen LogP contribution in [0.2, 0.25) is 0 Å². The van der Waals surface area contributed by atoms with E-state index in [-0.39, 0.29) is 18.0 Å². The Morgan fingerprint density at radius 2 is 1.83 bits per heavy atom. The average Bonchev–Trinajstić information content (AvgIpc) is 3.20. The van der Waals surface area contributed by atoms with Gasteiger partial charge in [-0.2, -0.15) is 8.42 Å². The minimum Gasteiger partial charge on any atom is -0.497 e. The molecule has 0 unspecified atom stereocenters. The third kappa shape index (κ3) is 4.72. The van der Waals surface area contributed by atoms with Crippen molar-refractivity contribution < 1.29 is 27.4 Å². The molecule has 3 rings (SSSR count). The van der Waals surface area contributed by atoms with Gasteiger partial charge in [-0.15, -0.1) is 11.3 Å². The zero-order valence-corrected chi connectivity index (χ0v) is 16.9. The fourth-order valence-corrected chi connectivity index (χ4v) is 5.09. The Kier molecular flexibility index (Phi) is 6.14. The van der Waals surface area contributed by atoms with Gasteiger partial charge in [0.15, 0.2) is 5.03 Å². The summed E-state index contributed by atoms with van der Waals surface area (Å²) in [5.41, 5.74) is 0.878. The highest BCUT2D eigenvalue weighted by atomic mass is 32.2. The number of hydrogen-bond acceptors (Lipinski definition) is 6. The van der Waals surface area contributed by atoms with Gasteiger partial charge in [0.25, 0.3) is 10.0 Å². The van der Waals surface area contributed by atoms with Crippen LogP contribution in [0.4, 0.5) is 10.1 Å². The lowest BCUT2D eigenvalue weighted by Gasteiger charge is -2.23. The van der Waals surface area contributed by atoms with Crippen molar-refractivity contribution in [3.05, 3.63) is 59.7 Å². The average molecular weight is 436 g/mol. The van der Waals surface area contributed by atoms with Crippen molar-refractivity contribution in [1.29, 1.82) is 0 Å². The van der Waals surface area contributed by atoms with Crippen molar-refractivity contribution in [2.45, 2.75) is 11.4 Å². The van der Waals surface area contributed by atoms with Gasteiger partial charge in [0.05, 0.1) is 19.2 Å². The van der Waals surface area contributed by atoms with E-state index in [1.807, 2.05) is 0 Å². The third-order valence-corrected chi connectivity index (χ3v) is 6.77. The number of thiazole rings is 1. The summed E-state index contributed by atoms with van der Waals surface area (Å²) >= 11 is 1.10. The summed E-state index contributed by atoms with van der Waals surface area (Å²) in [6, 6.07) is 11.8. The van der Waals surface area contributed by atoms with Crippen LogP contribution in [-0.4, -0.2) is 38.1 Å². The lowest BCUT2D eigenvalue weighted by Crippen LogP contribution is -2.33. The van der Waals surface area contributed by atoms with Crippen molar-refractivity contribution in [1.82, 2.24) is 4.98 Å². The molecular weight excluding hydrogens is 419 g/mol. The summed E-state index contributed by atoms with van der Waals surface area (Å²) < 4.78 is 45.6. The van der Waals surface area contributed by atoms with Gasteiger partial charge in [0, 0.05) is 17.5 Å². The van der Waals surface area contributed by atoms with E-state index in [4.69, 9.17) is 9.84 Å². The van der Waals surface area contributed by atoms with E-state index in [0.29, 0.717) is 22.0 Å². The van der Waals surface area contributed by atoms with Crippen LogP contribution in [0.15, 0.2) is 58.9 Å². The number of rotatable bonds is 8.